The van der Waals surface area contributed by atoms with Gasteiger partial charge in [-0.05, 0) is 59.2 Å². The number of hydrogen-bond donors (Lipinski definition) is 2. The smallest absolute Gasteiger partial charge is 0.199 e. The van der Waals surface area contributed by atoms with Crippen LogP contribution in [0.15, 0.2) is 58.0 Å². The Hall–Kier alpha value is -1.87. The third kappa shape index (κ3) is 3.94. The molecule has 1 unspecified atom stereocenters. The second-order valence-corrected chi connectivity index (χ2v) is 9.95. The lowest BCUT2D eigenvalue weighted by Crippen LogP contribution is -2.36. The van der Waals surface area contributed by atoms with E-state index in [-0.39, 0.29) is 0 Å². The van der Waals surface area contributed by atoms with Crippen LogP contribution >= 0.6 is 15.9 Å². The summed E-state index contributed by atoms with van der Waals surface area (Å²) in [6.07, 6.45) is 2.72. The molecule has 1 aromatic heterocycles. The molecule has 2 N–H and O–H groups in total. The molecule has 0 aliphatic carbocycles. The van der Waals surface area contributed by atoms with Crippen LogP contribution in [0.5, 0.6) is 5.75 Å². The average molecular weight is 478 g/mol. The van der Waals surface area contributed by atoms with E-state index in [0.29, 0.717) is 28.2 Å². The van der Waals surface area contributed by atoms with E-state index in [1.165, 1.54) is 0 Å². The summed E-state index contributed by atoms with van der Waals surface area (Å²) in [6, 6.07) is 12.7. The largest absolute Gasteiger partial charge is 0.497 e. The number of halogens is 1. The van der Waals surface area contributed by atoms with Crippen molar-refractivity contribution in [3.63, 3.8) is 0 Å². The highest BCUT2D eigenvalue weighted by Crippen LogP contribution is 2.39. The van der Waals surface area contributed by atoms with Crippen LogP contribution in [-0.2, 0) is 9.84 Å². The molecule has 29 heavy (non-hydrogen) atoms. The van der Waals surface area contributed by atoms with E-state index in [0.717, 1.165) is 36.0 Å². The van der Waals surface area contributed by atoms with Crippen molar-refractivity contribution in [3.05, 3.63) is 58.7 Å². The maximum Gasteiger partial charge on any atom is 0.199 e. The van der Waals surface area contributed by atoms with Crippen LogP contribution in [0.3, 0.4) is 0 Å². The Labute approximate surface area is 179 Å². The number of hydrogen-bond acceptors (Lipinski definition) is 5. The highest BCUT2D eigenvalue weighted by Gasteiger charge is 2.37. The summed E-state index contributed by atoms with van der Waals surface area (Å²) in [7, 11) is -2.08. The van der Waals surface area contributed by atoms with E-state index in [9.17, 15) is 8.42 Å². The number of rotatable bonds is 5. The van der Waals surface area contributed by atoms with Crippen LogP contribution in [0.2, 0.25) is 0 Å². The third-order valence-electron chi connectivity index (χ3n) is 5.33. The van der Waals surface area contributed by atoms with E-state index in [4.69, 9.17) is 4.74 Å². The van der Waals surface area contributed by atoms with Crippen molar-refractivity contribution in [3.8, 4) is 5.75 Å². The molecule has 0 bridgehead atoms. The molecular weight excluding hydrogens is 454 g/mol. The Bertz CT molecular complexity index is 1110. The fourth-order valence-corrected chi connectivity index (χ4v) is 6.85. The second-order valence-electron chi connectivity index (χ2n) is 7.12. The summed E-state index contributed by atoms with van der Waals surface area (Å²) in [5.41, 5.74) is 1.64. The van der Waals surface area contributed by atoms with Gasteiger partial charge >= 0.3 is 0 Å². The monoisotopic (exact) mass is 477 g/mol. The number of nitrogens with zero attached hydrogens (tertiary/aromatic N) is 1. The van der Waals surface area contributed by atoms with Crippen molar-refractivity contribution in [1.82, 2.24) is 15.2 Å². The van der Waals surface area contributed by atoms with Crippen molar-refractivity contribution in [2.75, 3.05) is 33.3 Å². The van der Waals surface area contributed by atoms with Crippen LogP contribution < -0.4 is 10.1 Å². The number of nitrogens with one attached hydrogen (secondary N) is 2. The van der Waals surface area contributed by atoms with E-state index in [1.54, 1.807) is 25.3 Å². The van der Waals surface area contributed by atoms with Gasteiger partial charge in [0.1, 0.15) is 11.1 Å². The standard InChI is InChI=1S/C21H24BrN3O3S/c1-28-15-7-8-19-16(13-15)17(14-24-19)21(25-11-4-9-23-10-12-25)29(26,27)20-6-3-2-5-18(20)22/h2-3,5-8,13-14,21,23-24H,4,9-12H2,1H3. The molecule has 2 aromatic carbocycles. The van der Waals surface area contributed by atoms with Gasteiger partial charge in [0.05, 0.1) is 12.0 Å². The van der Waals surface area contributed by atoms with Crippen molar-refractivity contribution < 1.29 is 13.2 Å². The summed E-state index contributed by atoms with van der Waals surface area (Å²) in [6.45, 7) is 3.01. The minimum atomic E-state index is -3.69. The molecule has 2 heterocycles. The van der Waals surface area contributed by atoms with Crippen LogP contribution in [0, 0.1) is 0 Å². The van der Waals surface area contributed by atoms with Crippen LogP contribution in [-0.4, -0.2) is 51.6 Å². The summed E-state index contributed by atoms with van der Waals surface area (Å²) >= 11 is 3.44. The van der Waals surface area contributed by atoms with Crippen molar-refractivity contribution in [2.45, 2.75) is 16.7 Å². The molecule has 6 nitrogen and oxygen atoms in total. The minimum absolute atomic E-state index is 0.305. The Morgan fingerprint density at radius 2 is 1.97 bits per heavy atom. The molecular formula is C21H24BrN3O3S. The summed E-state index contributed by atoms with van der Waals surface area (Å²) in [5.74, 6) is 0.702. The lowest BCUT2D eigenvalue weighted by Gasteiger charge is -2.30. The van der Waals surface area contributed by atoms with Gasteiger partial charge < -0.3 is 15.0 Å². The van der Waals surface area contributed by atoms with Gasteiger partial charge in [-0.3, -0.25) is 4.90 Å². The minimum Gasteiger partial charge on any atom is -0.497 e. The highest BCUT2D eigenvalue weighted by molar-refractivity contribution is 9.10. The molecule has 1 aliphatic rings. The zero-order valence-electron chi connectivity index (χ0n) is 16.2. The number of fused-ring (bicyclic) bond motifs is 1. The molecule has 1 aliphatic heterocycles. The molecule has 3 aromatic rings. The molecule has 1 fully saturated rings. The first-order chi connectivity index (χ1) is 14.0. The number of methoxy groups -OCH3 is 1. The predicted molar refractivity (Wildman–Crippen MR) is 118 cm³/mol. The molecule has 0 amide bonds. The maximum atomic E-state index is 13.9. The number of benzene rings is 2. The van der Waals surface area contributed by atoms with Gasteiger partial charge in [-0.1, -0.05) is 12.1 Å². The number of H-pyrrole nitrogens is 1. The Kier molecular flexibility index (Phi) is 5.96. The molecule has 0 saturated carbocycles. The van der Waals surface area contributed by atoms with Crippen molar-refractivity contribution >= 4 is 36.7 Å². The van der Waals surface area contributed by atoms with E-state index in [1.807, 2.05) is 30.5 Å². The fourth-order valence-electron chi connectivity index (χ4n) is 3.91. The summed E-state index contributed by atoms with van der Waals surface area (Å²) in [5, 5.41) is 3.44. The van der Waals surface area contributed by atoms with Crippen LogP contribution in [0.4, 0.5) is 0 Å². The molecule has 0 spiro atoms. The molecule has 4 rings (SSSR count). The van der Waals surface area contributed by atoms with E-state index < -0.39 is 15.2 Å². The van der Waals surface area contributed by atoms with E-state index in [2.05, 4.69) is 31.1 Å². The number of sulfone groups is 1. The average Bonchev–Trinajstić information content (AvgIpc) is 2.93. The first-order valence-corrected chi connectivity index (χ1v) is 11.9. The lowest BCUT2D eigenvalue weighted by atomic mass is 10.1. The van der Waals surface area contributed by atoms with Gasteiger partial charge in [0.25, 0.3) is 0 Å². The maximum absolute atomic E-state index is 13.9. The lowest BCUT2D eigenvalue weighted by molar-refractivity contribution is 0.266. The molecule has 1 saturated heterocycles. The zero-order chi connectivity index (χ0) is 20.4. The van der Waals surface area contributed by atoms with Gasteiger partial charge in [-0.25, -0.2) is 8.42 Å². The SMILES string of the molecule is COc1ccc2[nH]cc(C(N3CCCNCC3)S(=O)(=O)c3ccccc3Br)c2c1. The van der Waals surface area contributed by atoms with Crippen LogP contribution in [0.1, 0.15) is 17.4 Å². The highest BCUT2D eigenvalue weighted by atomic mass is 79.9. The molecule has 1 atom stereocenters. The normalized spacial score (nSPS) is 17.2. The number of ether oxygens (including phenoxy) is 1. The summed E-state index contributed by atoms with van der Waals surface area (Å²) < 4.78 is 33.8. The summed E-state index contributed by atoms with van der Waals surface area (Å²) in [4.78, 5) is 5.61. The van der Waals surface area contributed by atoms with Gasteiger partial charge in [-0.2, -0.15) is 0 Å². The molecule has 0 radical (unpaired) electrons. The fraction of sp³-hybridized carbons (Fsp3) is 0.333. The molecule has 154 valence electrons. The Morgan fingerprint density at radius 1 is 1.14 bits per heavy atom. The van der Waals surface area contributed by atoms with Crippen molar-refractivity contribution in [2.24, 2.45) is 0 Å². The van der Waals surface area contributed by atoms with Gasteiger partial charge in [0.2, 0.25) is 0 Å². The van der Waals surface area contributed by atoms with Gasteiger partial charge in [-0.15, -0.1) is 0 Å². The second kappa shape index (κ2) is 8.47. The van der Waals surface area contributed by atoms with Gasteiger partial charge in [0.15, 0.2) is 9.84 Å². The van der Waals surface area contributed by atoms with Gasteiger partial charge in [0, 0.05) is 46.8 Å². The quantitative estimate of drug-likeness (QED) is 0.585. The van der Waals surface area contributed by atoms with E-state index >= 15 is 0 Å². The molecule has 8 heteroatoms. The predicted octanol–water partition coefficient (Wildman–Crippen LogP) is 3.71. The van der Waals surface area contributed by atoms with Crippen LogP contribution in [0.25, 0.3) is 10.9 Å². The topological polar surface area (TPSA) is 74.4 Å². The third-order valence-corrected chi connectivity index (χ3v) is 8.39. The van der Waals surface area contributed by atoms with Crippen molar-refractivity contribution in [1.29, 1.82) is 0 Å². The number of aromatic amines is 1. The number of aromatic nitrogens is 1. The zero-order valence-corrected chi connectivity index (χ0v) is 18.6. The Morgan fingerprint density at radius 3 is 2.76 bits per heavy atom. The first-order valence-electron chi connectivity index (χ1n) is 9.60. The Balaban J connectivity index is 1.91. The first kappa shape index (κ1) is 20.4.